The van der Waals surface area contributed by atoms with Crippen LogP contribution < -0.4 is 0 Å². The second kappa shape index (κ2) is 4.27. The van der Waals surface area contributed by atoms with Gasteiger partial charge in [0.15, 0.2) is 5.78 Å². The third-order valence-electron chi connectivity index (χ3n) is 1.64. The highest BCUT2D eigenvalue weighted by atomic mass is 35.5. The lowest BCUT2D eigenvalue weighted by atomic mass is 10.1. The molecule has 0 aliphatic carbocycles. The van der Waals surface area contributed by atoms with E-state index < -0.39 is 0 Å². The number of halogens is 1. The predicted octanol–water partition coefficient (Wildman–Crippen LogP) is 3.32. The van der Waals surface area contributed by atoms with Crippen LogP contribution in [0.15, 0.2) is 24.3 Å². The van der Waals surface area contributed by atoms with E-state index in [1.165, 1.54) is 0 Å². The predicted molar refractivity (Wildman–Crippen MR) is 50.7 cm³/mol. The van der Waals surface area contributed by atoms with Crippen molar-refractivity contribution in [1.82, 2.24) is 0 Å². The van der Waals surface area contributed by atoms with Crippen LogP contribution in [-0.4, -0.2) is 5.78 Å². The van der Waals surface area contributed by atoms with E-state index in [-0.39, 0.29) is 5.78 Å². The van der Waals surface area contributed by atoms with Gasteiger partial charge in [0.05, 0.1) is 0 Å². The van der Waals surface area contributed by atoms with Crippen molar-refractivity contribution in [2.75, 3.05) is 0 Å². The van der Waals surface area contributed by atoms with Gasteiger partial charge in [-0.25, -0.2) is 0 Å². The number of hydrogen-bond donors (Lipinski definition) is 0. The molecule has 0 N–H and O–H groups in total. The summed E-state index contributed by atoms with van der Waals surface area (Å²) >= 11 is 5.68. The molecule has 0 bridgehead atoms. The normalized spacial score (nSPS) is 9.83. The molecule has 0 fully saturated rings. The summed E-state index contributed by atoms with van der Waals surface area (Å²) in [5.41, 5.74) is 0.751. The third kappa shape index (κ3) is 2.35. The standard InChI is InChI=1S/C10H11ClO/c1-2-3-10(12)8-4-6-9(11)7-5-8/h4-7H,2-3H2,1H3. The molecule has 0 amide bonds. The summed E-state index contributed by atoms with van der Waals surface area (Å²) in [4.78, 5) is 11.3. The van der Waals surface area contributed by atoms with E-state index in [4.69, 9.17) is 11.6 Å². The maximum absolute atomic E-state index is 11.3. The fraction of sp³-hybridized carbons (Fsp3) is 0.300. The average Bonchev–Trinajstić information content (AvgIpc) is 2.06. The lowest BCUT2D eigenvalue weighted by Gasteiger charge is -1.97. The Balaban J connectivity index is 2.75. The minimum Gasteiger partial charge on any atom is -0.294 e. The smallest absolute Gasteiger partial charge is 0.162 e. The molecule has 0 unspecified atom stereocenters. The van der Waals surface area contributed by atoms with Gasteiger partial charge in [0.2, 0.25) is 0 Å². The van der Waals surface area contributed by atoms with Crippen molar-refractivity contribution in [2.45, 2.75) is 19.8 Å². The Morgan fingerprint density at radius 2 is 1.92 bits per heavy atom. The molecule has 12 heavy (non-hydrogen) atoms. The first-order valence-corrected chi connectivity index (χ1v) is 4.40. The summed E-state index contributed by atoms with van der Waals surface area (Å²) in [6, 6.07) is 7.01. The third-order valence-corrected chi connectivity index (χ3v) is 1.90. The molecule has 64 valence electrons. The molecular weight excluding hydrogens is 172 g/mol. The largest absolute Gasteiger partial charge is 0.294 e. The highest BCUT2D eigenvalue weighted by molar-refractivity contribution is 6.30. The van der Waals surface area contributed by atoms with E-state index in [0.29, 0.717) is 11.4 Å². The van der Waals surface area contributed by atoms with Crippen molar-refractivity contribution in [2.24, 2.45) is 0 Å². The van der Waals surface area contributed by atoms with E-state index in [9.17, 15) is 4.79 Å². The molecule has 0 saturated heterocycles. The van der Waals surface area contributed by atoms with Crippen LogP contribution in [0.25, 0.3) is 0 Å². The van der Waals surface area contributed by atoms with Crippen molar-refractivity contribution in [3.63, 3.8) is 0 Å². The van der Waals surface area contributed by atoms with Gasteiger partial charge in [0.1, 0.15) is 0 Å². The second-order valence-corrected chi connectivity index (χ2v) is 3.12. The van der Waals surface area contributed by atoms with Crippen molar-refractivity contribution in [3.8, 4) is 0 Å². The molecule has 1 nitrogen and oxygen atoms in total. The maximum atomic E-state index is 11.3. The van der Waals surface area contributed by atoms with Crippen molar-refractivity contribution < 1.29 is 4.79 Å². The quantitative estimate of drug-likeness (QED) is 0.656. The Morgan fingerprint density at radius 1 is 1.33 bits per heavy atom. The monoisotopic (exact) mass is 182 g/mol. The van der Waals surface area contributed by atoms with Crippen LogP contribution >= 0.6 is 11.6 Å². The zero-order chi connectivity index (χ0) is 8.97. The fourth-order valence-corrected chi connectivity index (χ4v) is 1.13. The van der Waals surface area contributed by atoms with Gasteiger partial charge < -0.3 is 0 Å². The van der Waals surface area contributed by atoms with Crippen molar-refractivity contribution >= 4 is 17.4 Å². The molecule has 2 heteroatoms. The summed E-state index contributed by atoms with van der Waals surface area (Å²) in [5, 5.41) is 0.669. The zero-order valence-electron chi connectivity index (χ0n) is 7.01. The van der Waals surface area contributed by atoms with Gasteiger partial charge >= 0.3 is 0 Å². The van der Waals surface area contributed by atoms with E-state index in [1.54, 1.807) is 24.3 Å². The van der Waals surface area contributed by atoms with E-state index in [1.807, 2.05) is 6.92 Å². The van der Waals surface area contributed by atoms with Crippen LogP contribution in [0, 0.1) is 0 Å². The maximum Gasteiger partial charge on any atom is 0.162 e. The van der Waals surface area contributed by atoms with E-state index in [2.05, 4.69) is 0 Å². The molecule has 1 aromatic rings. The number of hydrogen-bond acceptors (Lipinski definition) is 1. The van der Waals surface area contributed by atoms with Crippen LogP contribution in [0.1, 0.15) is 30.1 Å². The molecule has 0 radical (unpaired) electrons. The summed E-state index contributed by atoms with van der Waals surface area (Å²) in [7, 11) is 0. The molecule has 0 heterocycles. The Hall–Kier alpha value is -0.820. The van der Waals surface area contributed by atoms with Gasteiger partial charge in [-0.3, -0.25) is 4.79 Å². The first-order valence-electron chi connectivity index (χ1n) is 4.03. The molecule has 0 aromatic heterocycles. The van der Waals surface area contributed by atoms with Crippen molar-refractivity contribution in [1.29, 1.82) is 0 Å². The van der Waals surface area contributed by atoms with E-state index >= 15 is 0 Å². The summed E-state index contributed by atoms with van der Waals surface area (Å²) < 4.78 is 0. The number of Topliss-reactive ketones (excluding diaryl/α,β-unsaturated/α-hetero) is 1. The Kier molecular flexibility index (Phi) is 3.30. The SMILES string of the molecule is CCCC(=O)c1ccc(Cl)cc1. The molecule has 0 aliphatic heterocycles. The topological polar surface area (TPSA) is 17.1 Å². The molecule has 0 aliphatic rings. The first-order chi connectivity index (χ1) is 5.74. The minimum absolute atomic E-state index is 0.189. The number of rotatable bonds is 3. The van der Waals surface area contributed by atoms with Crippen LogP contribution in [0.2, 0.25) is 5.02 Å². The Labute approximate surface area is 77.4 Å². The lowest BCUT2D eigenvalue weighted by molar-refractivity contribution is 0.0982. The zero-order valence-corrected chi connectivity index (χ0v) is 7.77. The fourth-order valence-electron chi connectivity index (χ4n) is 1.01. The first kappa shape index (κ1) is 9.27. The number of carbonyl (C=O) groups is 1. The highest BCUT2D eigenvalue weighted by Gasteiger charge is 2.02. The Bertz CT molecular complexity index is 264. The molecule has 1 rings (SSSR count). The molecule has 1 aromatic carbocycles. The van der Waals surface area contributed by atoms with Gasteiger partial charge in [-0.2, -0.15) is 0 Å². The van der Waals surface area contributed by atoms with Crippen LogP contribution in [-0.2, 0) is 0 Å². The molecule has 0 saturated carbocycles. The van der Waals surface area contributed by atoms with Crippen LogP contribution in [0.3, 0.4) is 0 Å². The minimum atomic E-state index is 0.189. The molecule has 0 atom stereocenters. The van der Waals surface area contributed by atoms with E-state index in [0.717, 1.165) is 12.0 Å². The highest BCUT2D eigenvalue weighted by Crippen LogP contribution is 2.11. The average molecular weight is 183 g/mol. The van der Waals surface area contributed by atoms with Crippen LogP contribution in [0.4, 0.5) is 0 Å². The van der Waals surface area contributed by atoms with Gasteiger partial charge in [-0.15, -0.1) is 0 Å². The van der Waals surface area contributed by atoms with Gasteiger partial charge in [0.25, 0.3) is 0 Å². The summed E-state index contributed by atoms with van der Waals surface area (Å²) in [5.74, 6) is 0.189. The number of ketones is 1. The summed E-state index contributed by atoms with van der Waals surface area (Å²) in [6.07, 6.45) is 1.50. The van der Waals surface area contributed by atoms with Gasteiger partial charge in [-0.05, 0) is 30.7 Å². The van der Waals surface area contributed by atoms with Crippen molar-refractivity contribution in [3.05, 3.63) is 34.9 Å². The van der Waals surface area contributed by atoms with Gasteiger partial charge in [0, 0.05) is 17.0 Å². The molecular formula is C10H11ClO. The summed E-state index contributed by atoms with van der Waals surface area (Å²) in [6.45, 7) is 1.99. The van der Waals surface area contributed by atoms with Crippen LogP contribution in [0.5, 0.6) is 0 Å². The number of carbonyl (C=O) groups excluding carboxylic acids is 1. The lowest BCUT2D eigenvalue weighted by Crippen LogP contribution is -1.96. The second-order valence-electron chi connectivity index (χ2n) is 2.68. The number of benzene rings is 1. The molecule has 0 spiro atoms. The Morgan fingerprint density at radius 3 is 2.42 bits per heavy atom. The van der Waals surface area contributed by atoms with Gasteiger partial charge in [-0.1, -0.05) is 18.5 Å².